The molecule has 0 unspecified atom stereocenters. The van der Waals surface area contributed by atoms with Gasteiger partial charge in [-0.25, -0.2) is 4.39 Å². The molecule has 0 spiro atoms. The highest BCUT2D eigenvalue weighted by atomic mass is 19.4. The van der Waals surface area contributed by atoms with Crippen LogP contribution in [0.5, 0.6) is 0 Å². The molecule has 0 aromatic heterocycles. The molecule has 0 saturated carbocycles. The van der Waals surface area contributed by atoms with Crippen molar-refractivity contribution < 1.29 is 17.6 Å². The van der Waals surface area contributed by atoms with Crippen molar-refractivity contribution in [2.75, 3.05) is 0 Å². The van der Waals surface area contributed by atoms with Gasteiger partial charge in [0.1, 0.15) is 5.82 Å². The van der Waals surface area contributed by atoms with Crippen molar-refractivity contribution >= 4 is 10.8 Å². The Bertz CT molecular complexity index is 499. The van der Waals surface area contributed by atoms with Gasteiger partial charge in [-0.3, -0.25) is 0 Å². The van der Waals surface area contributed by atoms with Gasteiger partial charge in [-0.15, -0.1) is 0 Å². The maximum absolute atomic E-state index is 12.8. The largest absolute Gasteiger partial charge is 0.417 e. The second kappa shape index (κ2) is 3.22. The average Bonchev–Trinajstić information content (AvgIpc) is 2.15. The molecule has 2 aromatic rings. The van der Waals surface area contributed by atoms with Gasteiger partial charge in [-0.2, -0.15) is 13.2 Å². The summed E-state index contributed by atoms with van der Waals surface area (Å²) >= 11 is 0. The number of benzene rings is 2. The molecule has 1 radical (unpaired) electrons. The van der Waals surface area contributed by atoms with Crippen LogP contribution in [0.15, 0.2) is 30.3 Å². The van der Waals surface area contributed by atoms with Gasteiger partial charge in [0.05, 0.1) is 5.56 Å². The minimum absolute atomic E-state index is 0.129. The lowest BCUT2D eigenvalue weighted by Gasteiger charge is -2.06. The molecule has 0 nitrogen and oxygen atoms in total. The number of rotatable bonds is 0. The third-order valence-corrected chi connectivity index (χ3v) is 2.02. The van der Waals surface area contributed by atoms with Crippen LogP contribution in [-0.2, 0) is 6.18 Å². The molecule has 0 fully saturated rings. The molecule has 0 heterocycles. The smallest absolute Gasteiger partial charge is 0.207 e. The lowest BCUT2D eigenvalue weighted by molar-refractivity contribution is -0.137. The maximum Gasteiger partial charge on any atom is 0.417 e. The van der Waals surface area contributed by atoms with Crippen LogP contribution in [-0.4, -0.2) is 0 Å². The first-order valence-corrected chi connectivity index (χ1v) is 4.15. The van der Waals surface area contributed by atoms with Gasteiger partial charge in [-0.05, 0) is 29.0 Å². The third-order valence-electron chi connectivity index (χ3n) is 2.02. The molecule has 0 aliphatic carbocycles. The number of fused-ring (bicyclic) bond motifs is 1. The van der Waals surface area contributed by atoms with E-state index in [0.717, 1.165) is 12.1 Å². The zero-order valence-electron chi connectivity index (χ0n) is 7.40. The summed E-state index contributed by atoms with van der Waals surface area (Å²) in [4.78, 5) is 0. The van der Waals surface area contributed by atoms with Crippen molar-refractivity contribution in [2.45, 2.75) is 6.18 Å². The topological polar surface area (TPSA) is 0 Å². The first-order valence-electron chi connectivity index (χ1n) is 4.15. The zero-order chi connectivity index (χ0) is 11.1. The molecule has 77 valence electrons. The normalized spacial score (nSPS) is 12.0. The van der Waals surface area contributed by atoms with Crippen molar-refractivity contribution in [1.29, 1.82) is 0 Å². The molecular weight excluding hydrogens is 208 g/mol. The Morgan fingerprint density at radius 2 is 1.67 bits per heavy atom. The van der Waals surface area contributed by atoms with Crippen LogP contribution < -0.4 is 0 Å². The molecule has 2 rings (SSSR count). The molecule has 2 aromatic carbocycles. The van der Waals surface area contributed by atoms with Crippen LogP contribution in [0.3, 0.4) is 0 Å². The van der Waals surface area contributed by atoms with E-state index in [1.54, 1.807) is 0 Å². The SMILES string of the molecule is Fc1ccc2ccc(C(F)(F)F)[c]c2c1. The second-order valence-electron chi connectivity index (χ2n) is 3.10. The Kier molecular flexibility index (Phi) is 2.14. The van der Waals surface area contributed by atoms with E-state index >= 15 is 0 Å². The predicted octanol–water partition coefficient (Wildman–Crippen LogP) is 3.80. The second-order valence-corrected chi connectivity index (χ2v) is 3.10. The van der Waals surface area contributed by atoms with Crippen LogP contribution >= 0.6 is 0 Å². The molecule has 15 heavy (non-hydrogen) atoms. The van der Waals surface area contributed by atoms with Gasteiger partial charge < -0.3 is 0 Å². The van der Waals surface area contributed by atoms with E-state index in [0.29, 0.717) is 5.39 Å². The standard InChI is InChI=1S/C11H5F4/c12-10-4-2-7-1-3-9(11(13,14)15)5-8(7)6-10/h1-4,6H. The minimum Gasteiger partial charge on any atom is -0.207 e. The molecule has 0 N–H and O–H groups in total. The van der Waals surface area contributed by atoms with Gasteiger partial charge in [-0.1, -0.05) is 12.1 Å². The molecule has 0 saturated heterocycles. The Labute approximate surface area is 83.1 Å². The summed E-state index contributed by atoms with van der Waals surface area (Å²) in [5, 5.41) is 0.661. The summed E-state index contributed by atoms with van der Waals surface area (Å²) < 4.78 is 49.6. The van der Waals surface area contributed by atoms with Crippen LogP contribution in [0.4, 0.5) is 17.6 Å². The third kappa shape index (κ3) is 1.93. The van der Waals surface area contributed by atoms with Crippen molar-refractivity contribution in [3.05, 3.63) is 47.8 Å². The molecule has 4 heteroatoms. The zero-order valence-corrected chi connectivity index (χ0v) is 7.40. The highest BCUT2D eigenvalue weighted by molar-refractivity contribution is 5.82. The summed E-state index contributed by atoms with van der Waals surface area (Å²) in [5.41, 5.74) is -0.888. The van der Waals surface area contributed by atoms with Gasteiger partial charge in [0.25, 0.3) is 0 Å². The van der Waals surface area contributed by atoms with E-state index in [4.69, 9.17) is 0 Å². The lowest BCUT2D eigenvalue weighted by Crippen LogP contribution is -2.04. The number of halogens is 4. The van der Waals surface area contributed by atoms with E-state index < -0.39 is 17.6 Å². The molecule has 0 aliphatic heterocycles. The first kappa shape index (κ1) is 9.96. The monoisotopic (exact) mass is 213 g/mol. The maximum atomic E-state index is 12.8. The number of alkyl halides is 3. The fraction of sp³-hybridized carbons (Fsp3) is 0.0909. The first-order chi connectivity index (χ1) is 6.97. The highest BCUT2D eigenvalue weighted by Crippen LogP contribution is 2.30. The Morgan fingerprint density at radius 3 is 2.33 bits per heavy atom. The summed E-state index contributed by atoms with van der Waals surface area (Å²) in [6.45, 7) is 0. The molecular formula is C11H5F4. The Morgan fingerprint density at radius 1 is 1.00 bits per heavy atom. The van der Waals surface area contributed by atoms with Crippen LogP contribution in [0.1, 0.15) is 5.56 Å². The van der Waals surface area contributed by atoms with Crippen molar-refractivity contribution in [3.8, 4) is 0 Å². The summed E-state index contributed by atoms with van der Waals surface area (Å²) in [6, 6.07) is 8.02. The van der Waals surface area contributed by atoms with Crippen LogP contribution in [0.2, 0.25) is 0 Å². The minimum atomic E-state index is -4.44. The molecule has 0 amide bonds. The van der Waals surface area contributed by atoms with Crippen LogP contribution in [0, 0.1) is 11.9 Å². The number of hydrogen-bond acceptors (Lipinski definition) is 0. The fourth-order valence-electron chi connectivity index (χ4n) is 1.31. The Hall–Kier alpha value is -1.58. The summed E-state index contributed by atoms with van der Waals surface area (Å²) in [5.74, 6) is -0.571. The number of hydrogen-bond donors (Lipinski definition) is 0. The van der Waals surface area contributed by atoms with E-state index in [2.05, 4.69) is 6.07 Å². The molecule has 0 bridgehead atoms. The van der Waals surface area contributed by atoms with Gasteiger partial charge in [0.2, 0.25) is 0 Å². The molecule has 0 atom stereocenters. The average molecular weight is 213 g/mol. The Balaban J connectivity index is 2.64. The van der Waals surface area contributed by atoms with E-state index in [-0.39, 0.29) is 5.39 Å². The van der Waals surface area contributed by atoms with Gasteiger partial charge >= 0.3 is 6.18 Å². The fourth-order valence-corrected chi connectivity index (χ4v) is 1.31. The quantitative estimate of drug-likeness (QED) is 0.584. The van der Waals surface area contributed by atoms with E-state index in [9.17, 15) is 17.6 Å². The van der Waals surface area contributed by atoms with Gasteiger partial charge in [0.15, 0.2) is 0 Å². The van der Waals surface area contributed by atoms with E-state index in [1.807, 2.05) is 0 Å². The summed E-state index contributed by atoms with van der Waals surface area (Å²) in [6.07, 6.45) is -4.44. The highest BCUT2D eigenvalue weighted by Gasteiger charge is 2.30. The van der Waals surface area contributed by atoms with E-state index in [1.165, 1.54) is 18.2 Å². The van der Waals surface area contributed by atoms with Gasteiger partial charge in [0, 0.05) is 6.07 Å². The van der Waals surface area contributed by atoms with Crippen LogP contribution in [0.25, 0.3) is 10.8 Å². The van der Waals surface area contributed by atoms with Crippen molar-refractivity contribution in [3.63, 3.8) is 0 Å². The summed E-state index contributed by atoms with van der Waals surface area (Å²) in [7, 11) is 0. The predicted molar refractivity (Wildman–Crippen MR) is 47.7 cm³/mol. The van der Waals surface area contributed by atoms with Crippen molar-refractivity contribution in [1.82, 2.24) is 0 Å². The molecule has 0 aliphatic rings. The lowest BCUT2D eigenvalue weighted by atomic mass is 10.1. The van der Waals surface area contributed by atoms with Crippen molar-refractivity contribution in [2.24, 2.45) is 0 Å².